The van der Waals surface area contributed by atoms with Gasteiger partial charge in [-0.25, -0.2) is 0 Å². The molecular weight excluding hydrogens is 390 g/mol. The zero-order valence-electron chi connectivity index (χ0n) is 19.3. The standard InChI is InChI=1S/C27H36ClNO/c1-7-27(5,6)17-25-22(14-15-26(2,3)4)23-16-21(30)12-13-24(23)29(25)18-19-8-10-20(28)11-9-19/h8-13,16,30H,7,14-15,17-18H2,1-6H3. The van der Waals surface area contributed by atoms with Crippen LogP contribution < -0.4 is 0 Å². The van der Waals surface area contributed by atoms with Gasteiger partial charge in [0.05, 0.1) is 0 Å². The summed E-state index contributed by atoms with van der Waals surface area (Å²) in [5.74, 6) is 0.337. The van der Waals surface area contributed by atoms with Crippen LogP contribution in [-0.4, -0.2) is 9.67 Å². The van der Waals surface area contributed by atoms with Crippen molar-refractivity contribution in [1.29, 1.82) is 0 Å². The average Bonchev–Trinajstić information content (AvgIpc) is 2.92. The van der Waals surface area contributed by atoms with Crippen LogP contribution in [0.5, 0.6) is 5.75 Å². The van der Waals surface area contributed by atoms with Crippen LogP contribution in [0.4, 0.5) is 0 Å². The van der Waals surface area contributed by atoms with Crippen LogP contribution in [0.1, 0.15) is 71.2 Å². The highest BCUT2D eigenvalue weighted by atomic mass is 35.5. The van der Waals surface area contributed by atoms with E-state index in [9.17, 15) is 5.11 Å². The predicted octanol–water partition coefficient (Wildman–Crippen LogP) is 8.01. The summed E-state index contributed by atoms with van der Waals surface area (Å²) >= 11 is 6.12. The fourth-order valence-electron chi connectivity index (χ4n) is 3.98. The molecule has 0 radical (unpaired) electrons. The third-order valence-corrected chi connectivity index (χ3v) is 6.50. The van der Waals surface area contributed by atoms with E-state index < -0.39 is 0 Å². The summed E-state index contributed by atoms with van der Waals surface area (Å²) in [7, 11) is 0. The second-order valence-corrected chi connectivity index (χ2v) is 11.0. The molecule has 0 saturated carbocycles. The van der Waals surface area contributed by atoms with E-state index in [1.165, 1.54) is 27.7 Å². The molecule has 0 spiro atoms. The Morgan fingerprint density at radius 2 is 1.63 bits per heavy atom. The number of aromatic nitrogens is 1. The lowest BCUT2D eigenvalue weighted by Crippen LogP contribution is -2.18. The second kappa shape index (κ2) is 8.67. The van der Waals surface area contributed by atoms with E-state index in [-0.39, 0.29) is 10.8 Å². The second-order valence-electron chi connectivity index (χ2n) is 10.6. The van der Waals surface area contributed by atoms with Crippen molar-refractivity contribution in [2.75, 3.05) is 0 Å². The van der Waals surface area contributed by atoms with Gasteiger partial charge < -0.3 is 9.67 Å². The zero-order chi connectivity index (χ0) is 22.1. The SMILES string of the molecule is CCC(C)(C)Cc1c(CCC(C)(C)C)c2cc(O)ccc2n1Cc1ccc(Cl)cc1. The smallest absolute Gasteiger partial charge is 0.116 e. The number of aromatic hydroxyl groups is 1. The minimum absolute atomic E-state index is 0.213. The van der Waals surface area contributed by atoms with E-state index in [4.69, 9.17) is 11.6 Å². The fourth-order valence-corrected chi connectivity index (χ4v) is 4.10. The molecule has 2 nitrogen and oxygen atoms in total. The first-order valence-corrected chi connectivity index (χ1v) is 11.4. The van der Waals surface area contributed by atoms with E-state index >= 15 is 0 Å². The lowest BCUT2D eigenvalue weighted by Gasteiger charge is -2.26. The Kier molecular flexibility index (Phi) is 6.57. The molecular formula is C27H36ClNO. The van der Waals surface area contributed by atoms with Crippen molar-refractivity contribution in [3.63, 3.8) is 0 Å². The van der Waals surface area contributed by atoms with Gasteiger partial charge in [0, 0.05) is 28.2 Å². The van der Waals surface area contributed by atoms with Crippen molar-refractivity contribution in [2.24, 2.45) is 10.8 Å². The van der Waals surface area contributed by atoms with E-state index in [0.717, 1.165) is 37.3 Å². The number of aryl methyl sites for hydroxylation is 1. The number of phenolic OH excluding ortho intramolecular Hbond substituents is 1. The van der Waals surface area contributed by atoms with Gasteiger partial charge in [-0.3, -0.25) is 0 Å². The molecule has 0 bridgehead atoms. The Hall–Kier alpha value is -1.93. The first-order valence-electron chi connectivity index (χ1n) is 11.1. The van der Waals surface area contributed by atoms with E-state index in [1.807, 2.05) is 24.3 Å². The highest BCUT2D eigenvalue weighted by Gasteiger charge is 2.25. The molecule has 1 heterocycles. The maximum atomic E-state index is 10.3. The lowest BCUT2D eigenvalue weighted by molar-refractivity contribution is 0.338. The van der Waals surface area contributed by atoms with Crippen LogP contribution in [0.25, 0.3) is 10.9 Å². The van der Waals surface area contributed by atoms with Gasteiger partial charge in [-0.15, -0.1) is 0 Å². The Balaban J connectivity index is 2.18. The number of nitrogens with zero attached hydrogens (tertiary/aromatic N) is 1. The van der Waals surface area contributed by atoms with Crippen LogP contribution in [0.3, 0.4) is 0 Å². The third-order valence-electron chi connectivity index (χ3n) is 6.25. The first-order chi connectivity index (χ1) is 14.0. The van der Waals surface area contributed by atoms with Gasteiger partial charge in [0.1, 0.15) is 5.75 Å². The highest BCUT2D eigenvalue weighted by molar-refractivity contribution is 6.30. The molecule has 30 heavy (non-hydrogen) atoms. The molecule has 0 fully saturated rings. The Labute approximate surface area is 186 Å². The number of hydrogen-bond acceptors (Lipinski definition) is 1. The normalized spacial score (nSPS) is 12.6. The molecule has 0 aliphatic carbocycles. The van der Waals surface area contributed by atoms with Crippen LogP contribution in [0.2, 0.25) is 5.02 Å². The molecule has 0 aliphatic heterocycles. The summed E-state index contributed by atoms with van der Waals surface area (Å²) in [5.41, 5.74) is 5.72. The number of fused-ring (bicyclic) bond motifs is 1. The van der Waals surface area contributed by atoms with Gasteiger partial charge >= 0.3 is 0 Å². The summed E-state index contributed by atoms with van der Waals surface area (Å²) in [6, 6.07) is 14.0. The monoisotopic (exact) mass is 425 g/mol. The molecule has 0 amide bonds. The molecule has 1 N–H and O–H groups in total. The number of halogens is 1. The minimum Gasteiger partial charge on any atom is -0.508 e. The molecule has 0 atom stereocenters. The van der Waals surface area contributed by atoms with Gasteiger partial charge in [-0.1, -0.05) is 71.7 Å². The molecule has 162 valence electrons. The van der Waals surface area contributed by atoms with Gasteiger partial charge in [0.15, 0.2) is 0 Å². The summed E-state index contributed by atoms with van der Waals surface area (Å²) < 4.78 is 2.47. The number of hydrogen-bond donors (Lipinski definition) is 1. The average molecular weight is 426 g/mol. The molecule has 0 unspecified atom stereocenters. The number of phenols is 1. The summed E-state index contributed by atoms with van der Waals surface area (Å²) in [5, 5.41) is 12.2. The van der Waals surface area contributed by atoms with Gasteiger partial charge in [0.2, 0.25) is 0 Å². The van der Waals surface area contributed by atoms with E-state index in [2.05, 4.69) is 64.3 Å². The van der Waals surface area contributed by atoms with Crippen LogP contribution in [0.15, 0.2) is 42.5 Å². The van der Waals surface area contributed by atoms with E-state index in [1.54, 1.807) is 0 Å². The molecule has 2 aromatic carbocycles. The highest BCUT2D eigenvalue weighted by Crippen LogP contribution is 2.37. The quantitative estimate of drug-likeness (QED) is 0.407. The fraction of sp³-hybridized carbons (Fsp3) is 0.481. The predicted molar refractivity (Wildman–Crippen MR) is 130 cm³/mol. The maximum Gasteiger partial charge on any atom is 0.116 e. The van der Waals surface area contributed by atoms with Gasteiger partial charge in [0.25, 0.3) is 0 Å². The Morgan fingerprint density at radius 1 is 0.967 bits per heavy atom. The van der Waals surface area contributed by atoms with Crippen molar-refractivity contribution in [3.8, 4) is 5.75 Å². The summed E-state index contributed by atoms with van der Waals surface area (Å²) in [4.78, 5) is 0. The summed E-state index contributed by atoms with van der Waals surface area (Å²) in [6.45, 7) is 14.7. The van der Waals surface area contributed by atoms with Crippen molar-refractivity contribution >= 4 is 22.5 Å². The van der Waals surface area contributed by atoms with Crippen molar-refractivity contribution < 1.29 is 5.11 Å². The van der Waals surface area contributed by atoms with Crippen molar-refractivity contribution in [1.82, 2.24) is 4.57 Å². The Bertz CT molecular complexity index is 1010. The maximum absolute atomic E-state index is 10.3. The van der Waals surface area contributed by atoms with Crippen molar-refractivity contribution in [2.45, 2.75) is 73.8 Å². The zero-order valence-corrected chi connectivity index (χ0v) is 20.1. The van der Waals surface area contributed by atoms with Crippen LogP contribution in [0, 0.1) is 10.8 Å². The topological polar surface area (TPSA) is 25.2 Å². The molecule has 0 aliphatic rings. The number of rotatable bonds is 7. The van der Waals surface area contributed by atoms with Gasteiger partial charge in [-0.2, -0.15) is 0 Å². The summed E-state index contributed by atoms with van der Waals surface area (Å²) in [6.07, 6.45) is 4.28. The molecule has 0 saturated heterocycles. The van der Waals surface area contributed by atoms with Crippen LogP contribution >= 0.6 is 11.6 Å². The molecule has 3 rings (SSSR count). The largest absolute Gasteiger partial charge is 0.508 e. The van der Waals surface area contributed by atoms with Gasteiger partial charge in [-0.05, 0) is 71.6 Å². The lowest BCUT2D eigenvalue weighted by atomic mass is 9.82. The molecule has 3 aromatic rings. The molecule has 3 heteroatoms. The van der Waals surface area contributed by atoms with Crippen molar-refractivity contribution in [3.05, 3.63) is 64.3 Å². The molecule has 1 aromatic heterocycles. The number of benzene rings is 2. The Morgan fingerprint density at radius 3 is 2.23 bits per heavy atom. The third kappa shape index (κ3) is 5.40. The van der Waals surface area contributed by atoms with E-state index in [0.29, 0.717) is 5.75 Å². The van der Waals surface area contributed by atoms with Crippen LogP contribution in [-0.2, 0) is 19.4 Å². The first kappa shape index (κ1) is 22.7. The minimum atomic E-state index is 0.213.